The molecule has 1 N–H and O–H groups in total. The average Bonchev–Trinajstić information content (AvgIpc) is 2.92. The van der Waals surface area contributed by atoms with Crippen LogP contribution in [0.3, 0.4) is 0 Å². The van der Waals surface area contributed by atoms with Gasteiger partial charge in [-0.15, -0.1) is 0 Å². The van der Waals surface area contributed by atoms with Crippen LogP contribution >= 0.6 is 0 Å². The first kappa shape index (κ1) is 40.8. The largest absolute Gasteiger partial charge is 0.391 e. The zero-order chi connectivity index (χ0) is 29.1. The van der Waals surface area contributed by atoms with Gasteiger partial charge in [0.1, 0.15) is 0 Å². The lowest BCUT2D eigenvalue weighted by Crippen LogP contribution is -2.35. The first-order valence-corrected chi connectivity index (χ1v) is 14.0. The summed E-state index contributed by atoms with van der Waals surface area (Å²) in [4.78, 5) is 12.2. The molecule has 1 rings (SSSR count). The van der Waals surface area contributed by atoms with Gasteiger partial charge in [-0.25, -0.2) is 0 Å². The van der Waals surface area contributed by atoms with Crippen molar-refractivity contribution in [3.05, 3.63) is 58.2 Å². The average molecular weight is 506 g/mol. The number of pyridine rings is 1. The first-order valence-electron chi connectivity index (χ1n) is 14.0. The van der Waals surface area contributed by atoms with Gasteiger partial charge in [-0.2, -0.15) is 5.10 Å². The molecular weight excluding hydrogens is 446 g/mol. The van der Waals surface area contributed by atoms with Crippen LogP contribution in [0.15, 0.2) is 46.6 Å². The second-order valence-electron chi connectivity index (χ2n) is 6.98. The highest BCUT2D eigenvalue weighted by Gasteiger charge is 2.20. The standard InChI is InChI=1S/C23H35N3O2.4C2H6/c1-7-10-11-13-22(18(4)27)26(24-5)15-14-20-17-25(6)23(28)16-21(20)19(9-3)12-8-2;4*1-2/h8-9,12,14-18,22,27H,5,7,10-11,13H2,1-4,6H3;4*1-2H3/b12-8-,15-14+,19-9+;;;;. The zero-order valence-corrected chi connectivity index (χ0v) is 25.9. The van der Waals surface area contributed by atoms with Gasteiger partial charge in [0.05, 0.1) is 12.1 Å². The summed E-state index contributed by atoms with van der Waals surface area (Å²) in [5.41, 5.74) is 2.69. The number of aromatic nitrogens is 1. The Kier molecular flexibility index (Phi) is 32.6. The molecule has 0 radical (unpaired) electrons. The predicted molar refractivity (Wildman–Crippen MR) is 166 cm³/mol. The van der Waals surface area contributed by atoms with Crippen LogP contribution < -0.4 is 5.56 Å². The Labute approximate surface area is 224 Å². The van der Waals surface area contributed by atoms with Crippen molar-refractivity contribution >= 4 is 18.4 Å². The van der Waals surface area contributed by atoms with Crippen molar-refractivity contribution in [3.8, 4) is 0 Å². The van der Waals surface area contributed by atoms with Crippen LogP contribution in [-0.2, 0) is 7.05 Å². The van der Waals surface area contributed by atoms with Crippen molar-refractivity contribution in [1.82, 2.24) is 9.58 Å². The van der Waals surface area contributed by atoms with Gasteiger partial charge < -0.3 is 9.67 Å². The summed E-state index contributed by atoms with van der Waals surface area (Å²) in [5.74, 6) is 0. The van der Waals surface area contributed by atoms with E-state index < -0.39 is 6.10 Å². The molecular formula is C31H59N3O2. The van der Waals surface area contributed by atoms with Crippen molar-refractivity contribution in [2.45, 2.75) is 121 Å². The minimum absolute atomic E-state index is 0.0591. The quantitative estimate of drug-likeness (QED) is 0.142. The number of aliphatic hydroxyl groups excluding tert-OH is 1. The third-order valence-electron chi connectivity index (χ3n) is 4.80. The Bertz CT molecular complexity index is 775. The summed E-state index contributed by atoms with van der Waals surface area (Å²) in [6.45, 7) is 27.5. The van der Waals surface area contributed by atoms with Crippen LogP contribution in [-0.4, -0.2) is 33.5 Å². The Morgan fingerprint density at radius 2 is 1.67 bits per heavy atom. The van der Waals surface area contributed by atoms with Crippen molar-refractivity contribution in [2.75, 3.05) is 0 Å². The first-order chi connectivity index (χ1) is 17.4. The van der Waals surface area contributed by atoms with Gasteiger partial charge in [0, 0.05) is 37.8 Å². The summed E-state index contributed by atoms with van der Waals surface area (Å²) < 4.78 is 1.56. The SMILES string of the molecule is C=NN(/C=C/c1cn(C)c(=O)cc1C(/C=C\C)=C/C)C(CCCCC)C(C)O.CC.CC.CC.CC. The van der Waals surface area contributed by atoms with Crippen LogP contribution in [0, 0.1) is 0 Å². The summed E-state index contributed by atoms with van der Waals surface area (Å²) in [7, 11) is 1.74. The van der Waals surface area contributed by atoms with E-state index in [4.69, 9.17) is 0 Å². The second-order valence-corrected chi connectivity index (χ2v) is 6.98. The van der Waals surface area contributed by atoms with Crippen molar-refractivity contribution in [1.29, 1.82) is 0 Å². The molecule has 210 valence electrons. The molecule has 1 aromatic rings. The van der Waals surface area contributed by atoms with Gasteiger partial charge in [-0.3, -0.25) is 9.80 Å². The summed E-state index contributed by atoms with van der Waals surface area (Å²) in [6.07, 6.45) is 15.1. The molecule has 0 aliphatic carbocycles. The van der Waals surface area contributed by atoms with E-state index in [-0.39, 0.29) is 11.6 Å². The molecule has 1 heterocycles. The molecule has 0 aliphatic heterocycles. The van der Waals surface area contributed by atoms with Crippen molar-refractivity contribution in [3.63, 3.8) is 0 Å². The molecule has 0 bridgehead atoms. The highest BCUT2D eigenvalue weighted by molar-refractivity contribution is 5.79. The van der Waals surface area contributed by atoms with E-state index in [1.165, 1.54) is 0 Å². The molecule has 2 atom stereocenters. The van der Waals surface area contributed by atoms with E-state index in [0.717, 1.165) is 42.4 Å². The maximum atomic E-state index is 12.2. The van der Waals surface area contributed by atoms with Crippen LogP contribution in [0.25, 0.3) is 11.6 Å². The van der Waals surface area contributed by atoms with Gasteiger partial charge in [0.25, 0.3) is 5.56 Å². The molecule has 5 heteroatoms. The van der Waals surface area contributed by atoms with Gasteiger partial charge in [-0.1, -0.05) is 99.8 Å². The number of allylic oxidation sites excluding steroid dienone is 4. The predicted octanol–water partition coefficient (Wildman–Crippen LogP) is 8.69. The monoisotopic (exact) mass is 505 g/mol. The minimum Gasteiger partial charge on any atom is -0.391 e. The number of aryl methyl sites for hydroxylation is 1. The highest BCUT2D eigenvalue weighted by atomic mass is 16.3. The number of rotatable bonds is 11. The molecule has 0 saturated carbocycles. The molecule has 0 amide bonds. The highest BCUT2D eigenvalue weighted by Crippen LogP contribution is 2.22. The fourth-order valence-electron chi connectivity index (χ4n) is 3.17. The van der Waals surface area contributed by atoms with E-state index in [1.807, 2.05) is 106 Å². The van der Waals surface area contributed by atoms with E-state index in [1.54, 1.807) is 29.6 Å². The van der Waals surface area contributed by atoms with Crippen molar-refractivity contribution < 1.29 is 5.11 Å². The smallest absolute Gasteiger partial charge is 0.250 e. The number of hydrazone groups is 1. The Hall–Kier alpha value is -2.40. The number of hydrogen-bond donors (Lipinski definition) is 1. The van der Waals surface area contributed by atoms with E-state index in [0.29, 0.717) is 0 Å². The van der Waals surface area contributed by atoms with Gasteiger partial charge in [0.2, 0.25) is 0 Å². The summed E-state index contributed by atoms with van der Waals surface area (Å²) in [5, 5.41) is 16.1. The number of unbranched alkanes of at least 4 members (excludes halogenated alkanes) is 2. The number of aliphatic hydroxyl groups is 1. The molecule has 0 aliphatic rings. The van der Waals surface area contributed by atoms with E-state index in [9.17, 15) is 9.90 Å². The molecule has 5 nitrogen and oxygen atoms in total. The molecule has 0 aromatic carbocycles. The molecule has 0 saturated heterocycles. The van der Waals surface area contributed by atoms with Crippen LogP contribution in [0.1, 0.15) is 120 Å². The lowest BCUT2D eigenvalue weighted by Gasteiger charge is -2.28. The fraction of sp³-hybridized carbons (Fsp3) is 0.613. The topological polar surface area (TPSA) is 57.8 Å². The molecule has 0 spiro atoms. The lowest BCUT2D eigenvalue weighted by atomic mass is 10.0. The Morgan fingerprint density at radius 1 is 1.11 bits per heavy atom. The summed E-state index contributed by atoms with van der Waals surface area (Å²) in [6, 6.07) is 1.52. The second kappa shape index (κ2) is 28.8. The van der Waals surface area contributed by atoms with Crippen LogP contribution in [0.5, 0.6) is 0 Å². The molecule has 1 aromatic heterocycles. The molecule has 0 fully saturated rings. The van der Waals surface area contributed by atoms with E-state index >= 15 is 0 Å². The Balaban J connectivity index is -0.000000579. The maximum Gasteiger partial charge on any atom is 0.250 e. The Morgan fingerprint density at radius 3 is 2.08 bits per heavy atom. The summed E-state index contributed by atoms with van der Waals surface area (Å²) >= 11 is 0. The van der Waals surface area contributed by atoms with Gasteiger partial charge >= 0.3 is 0 Å². The van der Waals surface area contributed by atoms with Crippen LogP contribution in [0.2, 0.25) is 0 Å². The molecule has 2 unspecified atom stereocenters. The number of nitrogens with zero attached hydrogens (tertiary/aromatic N) is 3. The van der Waals surface area contributed by atoms with Crippen LogP contribution in [0.4, 0.5) is 0 Å². The van der Waals surface area contributed by atoms with Crippen molar-refractivity contribution in [2.24, 2.45) is 12.1 Å². The van der Waals surface area contributed by atoms with Gasteiger partial charge in [0.15, 0.2) is 0 Å². The third kappa shape index (κ3) is 16.3. The normalized spacial score (nSPS) is 12.0. The minimum atomic E-state index is -0.527. The van der Waals surface area contributed by atoms with E-state index in [2.05, 4.69) is 18.7 Å². The molecule has 36 heavy (non-hydrogen) atoms. The number of hydrogen-bond acceptors (Lipinski definition) is 4. The fourth-order valence-corrected chi connectivity index (χ4v) is 3.17. The maximum absolute atomic E-state index is 12.2. The zero-order valence-electron chi connectivity index (χ0n) is 25.9. The third-order valence-corrected chi connectivity index (χ3v) is 4.80. The lowest BCUT2D eigenvalue weighted by molar-refractivity contribution is 0.0836. The van der Waals surface area contributed by atoms with Gasteiger partial charge in [-0.05, 0) is 44.4 Å².